The van der Waals surface area contributed by atoms with E-state index in [-0.39, 0.29) is 29.5 Å². The molecular formula is C21H20N6O6. The van der Waals surface area contributed by atoms with E-state index < -0.39 is 22.5 Å². The molecule has 0 aliphatic heterocycles. The number of esters is 1. The first-order chi connectivity index (χ1) is 15.9. The summed E-state index contributed by atoms with van der Waals surface area (Å²) in [5.41, 5.74) is 5.00. The Morgan fingerprint density at radius 3 is 2.42 bits per heavy atom. The fourth-order valence-electron chi connectivity index (χ4n) is 2.77. The maximum Gasteiger partial charge on any atom is 0.355 e. The second kappa shape index (κ2) is 10.5. The number of para-hydroxylation sites is 1. The average Bonchev–Trinajstić information content (AvgIpc) is 2.83. The average molecular weight is 452 g/mol. The standard InChI is InChI=1S/C21H20N6O6/c1-3-33-21(29)15-6-4-5-7-16(15)24-18-17(27(30)31)19(23-12-22-18)25-26-20(28)13-8-10-14(32-2)11-9-13/h4-12H,3H2,1-2H3,(H,26,28)(H2,22,23,24,25). The molecule has 3 aromatic rings. The fourth-order valence-corrected chi connectivity index (χ4v) is 2.77. The van der Waals surface area contributed by atoms with Gasteiger partial charge in [-0.1, -0.05) is 12.1 Å². The molecular weight excluding hydrogens is 432 g/mol. The molecule has 0 saturated carbocycles. The van der Waals surface area contributed by atoms with Crippen molar-refractivity contribution in [1.82, 2.24) is 15.4 Å². The number of nitrogens with one attached hydrogen (secondary N) is 3. The van der Waals surface area contributed by atoms with E-state index in [0.717, 1.165) is 6.33 Å². The molecule has 2 aromatic carbocycles. The van der Waals surface area contributed by atoms with Crippen LogP contribution in [-0.4, -0.2) is 40.5 Å². The van der Waals surface area contributed by atoms with Crippen LogP contribution in [0, 0.1) is 10.1 Å². The number of anilines is 3. The molecule has 12 nitrogen and oxygen atoms in total. The number of ether oxygens (including phenoxy) is 2. The van der Waals surface area contributed by atoms with Crippen molar-refractivity contribution >= 4 is 34.9 Å². The van der Waals surface area contributed by atoms with Crippen molar-refractivity contribution in [3.8, 4) is 5.75 Å². The number of carbonyl (C=O) groups excluding carboxylic acids is 2. The van der Waals surface area contributed by atoms with E-state index >= 15 is 0 Å². The molecule has 12 heteroatoms. The zero-order valence-electron chi connectivity index (χ0n) is 17.7. The van der Waals surface area contributed by atoms with Crippen LogP contribution in [0.4, 0.5) is 23.0 Å². The summed E-state index contributed by atoms with van der Waals surface area (Å²) in [5, 5.41) is 14.5. The monoisotopic (exact) mass is 452 g/mol. The first-order valence-electron chi connectivity index (χ1n) is 9.67. The predicted octanol–water partition coefficient (Wildman–Crippen LogP) is 3.07. The molecule has 0 unspecified atom stereocenters. The van der Waals surface area contributed by atoms with E-state index in [2.05, 4.69) is 26.1 Å². The second-order valence-electron chi connectivity index (χ2n) is 6.38. The van der Waals surface area contributed by atoms with E-state index in [4.69, 9.17) is 9.47 Å². The molecule has 0 aliphatic rings. The minimum absolute atomic E-state index is 0.169. The lowest BCUT2D eigenvalue weighted by Gasteiger charge is -2.13. The number of amides is 1. The van der Waals surface area contributed by atoms with E-state index in [1.807, 2.05) is 0 Å². The molecule has 0 spiro atoms. The van der Waals surface area contributed by atoms with Gasteiger partial charge in [-0.2, -0.15) is 0 Å². The Labute approximate surface area is 188 Å². The maximum atomic E-state index is 12.4. The van der Waals surface area contributed by atoms with Crippen molar-refractivity contribution in [2.45, 2.75) is 6.92 Å². The first-order valence-corrected chi connectivity index (χ1v) is 9.67. The minimum atomic E-state index is -0.711. The van der Waals surface area contributed by atoms with Crippen LogP contribution < -0.4 is 20.9 Å². The molecule has 1 amide bonds. The van der Waals surface area contributed by atoms with Crippen molar-refractivity contribution in [1.29, 1.82) is 0 Å². The number of benzene rings is 2. The maximum absolute atomic E-state index is 12.4. The summed E-state index contributed by atoms with van der Waals surface area (Å²) < 4.78 is 10.1. The normalized spacial score (nSPS) is 10.1. The highest BCUT2D eigenvalue weighted by Crippen LogP contribution is 2.32. The Morgan fingerprint density at radius 2 is 1.76 bits per heavy atom. The molecule has 3 N–H and O–H groups in total. The summed E-state index contributed by atoms with van der Waals surface area (Å²) >= 11 is 0. The summed E-state index contributed by atoms with van der Waals surface area (Å²) in [6.45, 7) is 1.84. The molecule has 0 bridgehead atoms. The van der Waals surface area contributed by atoms with Crippen molar-refractivity contribution in [3.63, 3.8) is 0 Å². The van der Waals surface area contributed by atoms with Crippen molar-refractivity contribution < 1.29 is 24.0 Å². The van der Waals surface area contributed by atoms with E-state index in [1.165, 1.54) is 25.3 Å². The van der Waals surface area contributed by atoms with Crippen molar-refractivity contribution in [2.75, 3.05) is 24.5 Å². The van der Waals surface area contributed by atoms with Crippen molar-refractivity contribution in [3.05, 3.63) is 76.1 Å². The zero-order chi connectivity index (χ0) is 23.8. The number of hydrogen-bond acceptors (Lipinski definition) is 10. The zero-order valence-corrected chi connectivity index (χ0v) is 17.7. The molecule has 3 rings (SSSR count). The number of hydrogen-bond donors (Lipinski definition) is 3. The second-order valence-corrected chi connectivity index (χ2v) is 6.38. The third-order valence-corrected chi connectivity index (χ3v) is 4.33. The van der Waals surface area contributed by atoms with E-state index in [1.54, 1.807) is 37.3 Å². The lowest BCUT2D eigenvalue weighted by Crippen LogP contribution is -2.30. The van der Waals surface area contributed by atoms with Gasteiger partial charge in [-0.3, -0.25) is 25.8 Å². The van der Waals surface area contributed by atoms with Crippen LogP contribution in [-0.2, 0) is 4.74 Å². The third-order valence-electron chi connectivity index (χ3n) is 4.33. The van der Waals surface area contributed by atoms with Crippen LogP contribution in [0.3, 0.4) is 0 Å². The third kappa shape index (κ3) is 5.50. The number of aromatic nitrogens is 2. The highest BCUT2D eigenvalue weighted by Gasteiger charge is 2.25. The van der Waals surface area contributed by atoms with E-state index in [0.29, 0.717) is 11.3 Å². The Hall–Kier alpha value is -4.74. The molecule has 0 atom stereocenters. The number of nitro groups is 1. The molecule has 0 fully saturated rings. The summed E-state index contributed by atoms with van der Waals surface area (Å²) in [7, 11) is 1.50. The Kier molecular flexibility index (Phi) is 7.32. The van der Waals surface area contributed by atoms with Gasteiger partial charge in [-0.05, 0) is 43.3 Å². The van der Waals surface area contributed by atoms with Gasteiger partial charge in [0.25, 0.3) is 5.91 Å². The molecule has 1 heterocycles. The quantitative estimate of drug-likeness (QED) is 0.250. The van der Waals surface area contributed by atoms with Gasteiger partial charge in [-0.25, -0.2) is 14.8 Å². The van der Waals surface area contributed by atoms with Crippen LogP contribution >= 0.6 is 0 Å². The largest absolute Gasteiger partial charge is 0.497 e. The molecule has 0 saturated heterocycles. The topological polar surface area (TPSA) is 158 Å². The SMILES string of the molecule is CCOC(=O)c1ccccc1Nc1ncnc(NNC(=O)c2ccc(OC)cc2)c1[N+](=O)[O-]. The molecule has 0 aliphatic carbocycles. The van der Waals surface area contributed by atoms with Crippen LogP contribution in [0.25, 0.3) is 0 Å². The summed E-state index contributed by atoms with van der Waals surface area (Å²) in [5.74, 6) is -1.01. The Bertz CT molecular complexity index is 1170. The Morgan fingerprint density at radius 1 is 1.06 bits per heavy atom. The lowest BCUT2D eigenvalue weighted by atomic mass is 10.2. The minimum Gasteiger partial charge on any atom is -0.497 e. The highest BCUT2D eigenvalue weighted by molar-refractivity contribution is 5.97. The summed E-state index contributed by atoms with van der Waals surface area (Å²) in [4.78, 5) is 43.4. The number of rotatable bonds is 9. The summed E-state index contributed by atoms with van der Waals surface area (Å²) in [6, 6.07) is 12.6. The van der Waals surface area contributed by atoms with Gasteiger partial charge >= 0.3 is 11.7 Å². The predicted molar refractivity (Wildman–Crippen MR) is 118 cm³/mol. The van der Waals surface area contributed by atoms with Crippen LogP contribution in [0.2, 0.25) is 0 Å². The number of methoxy groups -OCH3 is 1. The number of carbonyl (C=O) groups is 2. The number of nitrogens with zero attached hydrogens (tertiary/aromatic N) is 3. The molecule has 0 radical (unpaired) electrons. The van der Waals surface area contributed by atoms with E-state index in [9.17, 15) is 19.7 Å². The van der Waals surface area contributed by atoms with Gasteiger partial charge in [0.1, 0.15) is 12.1 Å². The van der Waals surface area contributed by atoms with Gasteiger partial charge in [0.05, 0.1) is 29.9 Å². The molecule has 1 aromatic heterocycles. The molecule has 170 valence electrons. The number of hydrazine groups is 1. The fraction of sp³-hybridized carbons (Fsp3) is 0.143. The summed E-state index contributed by atoms with van der Waals surface area (Å²) in [6.07, 6.45) is 1.07. The van der Waals surface area contributed by atoms with Gasteiger partial charge in [0.2, 0.25) is 11.6 Å². The first kappa shape index (κ1) is 22.9. The van der Waals surface area contributed by atoms with Crippen molar-refractivity contribution in [2.24, 2.45) is 0 Å². The van der Waals surface area contributed by atoms with Crippen LogP contribution in [0.5, 0.6) is 5.75 Å². The smallest absolute Gasteiger partial charge is 0.355 e. The van der Waals surface area contributed by atoms with Crippen LogP contribution in [0.1, 0.15) is 27.6 Å². The molecule has 33 heavy (non-hydrogen) atoms. The van der Waals surface area contributed by atoms with Gasteiger partial charge in [0.15, 0.2) is 0 Å². The Balaban J connectivity index is 1.84. The van der Waals surface area contributed by atoms with Gasteiger partial charge in [-0.15, -0.1) is 0 Å². The van der Waals surface area contributed by atoms with Gasteiger partial charge < -0.3 is 14.8 Å². The highest BCUT2D eigenvalue weighted by atomic mass is 16.6. The lowest BCUT2D eigenvalue weighted by molar-refractivity contribution is -0.383. The van der Waals surface area contributed by atoms with Crippen LogP contribution in [0.15, 0.2) is 54.9 Å². The van der Waals surface area contributed by atoms with Gasteiger partial charge in [0, 0.05) is 5.56 Å².